The minimum Gasteiger partial charge on any atom is -0.296 e. The summed E-state index contributed by atoms with van der Waals surface area (Å²) in [6.07, 6.45) is 1.65. The number of nitrogens with zero attached hydrogens (tertiary/aromatic N) is 3. The average Bonchev–Trinajstić information content (AvgIpc) is 2.31. The third-order valence-corrected chi connectivity index (χ3v) is 2.10. The molecule has 3 heteroatoms. The van der Waals surface area contributed by atoms with Crippen molar-refractivity contribution in [2.45, 2.75) is 20.0 Å². The summed E-state index contributed by atoms with van der Waals surface area (Å²) in [6.45, 7) is 4.01. The molecule has 2 heterocycles. The third-order valence-electron chi connectivity index (χ3n) is 2.10. The lowest BCUT2D eigenvalue weighted by molar-refractivity contribution is 0.351. The predicted octanol–water partition coefficient (Wildman–Crippen LogP) is 0.730. The van der Waals surface area contributed by atoms with Crippen LogP contribution in [0.5, 0.6) is 0 Å². The molecule has 0 aliphatic carbocycles. The number of rotatable bonds is 0. The molecule has 0 N–H and O–H groups in total. The molecule has 3 nitrogen and oxygen atoms in total. The number of aryl methyl sites for hydroxylation is 1. The van der Waals surface area contributed by atoms with Crippen molar-refractivity contribution in [3.8, 4) is 0 Å². The third kappa shape index (κ3) is 1.01. The SMILES string of the molecule is Cc1ncnc2c1CN(C)C2. The van der Waals surface area contributed by atoms with Gasteiger partial charge >= 0.3 is 0 Å². The van der Waals surface area contributed by atoms with Gasteiger partial charge in [0.05, 0.1) is 5.69 Å². The van der Waals surface area contributed by atoms with Crippen LogP contribution >= 0.6 is 0 Å². The zero-order chi connectivity index (χ0) is 7.84. The quantitative estimate of drug-likeness (QED) is 0.544. The first-order valence-corrected chi connectivity index (χ1v) is 3.75. The van der Waals surface area contributed by atoms with Crippen LogP contribution in [0.25, 0.3) is 0 Å². The second kappa shape index (κ2) is 2.27. The van der Waals surface area contributed by atoms with E-state index in [0.717, 1.165) is 18.8 Å². The van der Waals surface area contributed by atoms with Gasteiger partial charge in [0.2, 0.25) is 0 Å². The Balaban J connectivity index is 2.49. The van der Waals surface area contributed by atoms with E-state index in [9.17, 15) is 0 Å². The summed E-state index contributed by atoms with van der Waals surface area (Å²) in [5.41, 5.74) is 3.63. The molecule has 1 aromatic heterocycles. The topological polar surface area (TPSA) is 29.0 Å². The Morgan fingerprint density at radius 1 is 1.36 bits per heavy atom. The monoisotopic (exact) mass is 149 g/mol. The highest BCUT2D eigenvalue weighted by Gasteiger charge is 2.18. The molecule has 1 aliphatic heterocycles. The normalized spacial score (nSPS) is 16.9. The maximum Gasteiger partial charge on any atom is 0.115 e. The van der Waals surface area contributed by atoms with Gasteiger partial charge in [0.1, 0.15) is 6.33 Å². The standard InChI is InChI=1S/C8H11N3/c1-6-7-3-11(2)4-8(7)10-5-9-6/h5H,3-4H2,1-2H3. The Labute approximate surface area is 66.1 Å². The fourth-order valence-corrected chi connectivity index (χ4v) is 1.47. The summed E-state index contributed by atoms with van der Waals surface area (Å²) in [5, 5.41) is 0. The van der Waals surface area contributed by atoms with E-state index in [-0.39, 0.29) is 0 Å². The molecule has 0 bridgehead atoms. The van der Waals surface area contributed by atoms with Crippen LogP contribution in [0.2, 0.25) is 0 Å². The Morgan fingerprint density at radius 3 is 2.91 bits per heavy atom. The van der Waals surface area contributed by atoms with Crippen LogP contribution in [0.1, 0.15) is 17.0 Å². The molecule has 0 fully saturated rings. The molecule has 0 radical (unpaired) electrons. The number of fused-ring (bicyclic) bond motifs is 1. The molecule has 1 aliphatic rings. The number of aromatic nitrogens is 2. The van der Waals surface area contributed by atoms with Crippen molar-refractivity contribution in [2.75, 3.05) is 7.05 Å². The van der Waals surface area contributed by atoms with Gasteiger partial charge in [-0.05, 0) is 14.0 Å². The van der Waals surface area contributed by atoms with Crippen LogP contribution in [-0.4, -0.2) is 21.9 Å². The molecule has 2 rings (SSSR count). The van der Waals surface area contributed by atoms with Crippen molar-refractivity contribution in [1.82, 2.24) is 14.9 Å². The van der Waals surface area contributed by atoms with Crippen molar-refractivity contribution in [3.63, 3.8) is 0 Å². The lowest BCUT2D eigenvalue weighted by atomic mass is 10.2. The van der Waals surface area contributed by atoms with Gasteiger partial charge in [-0.2, -0.15) is 0 Å². The van der Waals surface area contributed by atoms with Crippen molar-refractivity contribution in [3.05, 3.63) is 23.3 Å². The fraction of sp³-hybridized carbons (Fsp3) is 0.500. The molecule has 1 aromatic rings. The highest BCUT2D eigenvalue weighted by molar-refractivity contribution is 5.26. The molecule has 0 saturated carbocycles. The minimum atomic E-state index is 0.971. The summed E-state index contributed by atoms with van der Waals surface area (Å²) < 4.78 is 0. The first-order valence-electron chi connectivity index (χ1n) is 3.75. The number of hydrogen-bond acceptors (Lipinski definition) is 3. The molecule has 0 unspecified atom stereocenters. The highest BCUT2D eigenvalue weighted by atomic mass is 15.1. The van der Waals surface area contributed by atoms with Crippen molar-refractivity contribution < 1.29 is 0 Å². The zero-order valence-corrected chi connectivity index (χ0v) is 6.83. The van der Waals surface area contributed by atoms with E-state index in [1.807, 2.05) is 6.92 Å². The summed E-state index contributed by atoms with van der Waals surface area (Å²) in [6, 6.07) is 0. The van der Waals surface area contributed by atoms with Crippen molar-refractivity contribution in [1.29, 1.82) is 0 Å². The van der Waals surface area contributed by atoms with Gasteiger partial charge in [-0.25, -0.2) is 9.97 Å². The molecule has 0 atom stereocenters. The van der Waals surface area contributed by atoms with Crippen LogP contribution in [-0.2, 0) is 13.1 Å². The Hall–Kier alpha value is -0.960. The number of hydrogen-bond donors (Lipinski definition) is 0. The lowest BCUT2D eigenvalue weighted by Crippen LogP contribution is -2.07. The van der Waals surface area contributed by atoms with Gasteiger partial charge < -0.3 is 0 Å². The summed E-state index contributed by atoms with van der Waals surface area (Å²) in [7, 11) is 2.10. The van der Waals surface area contributed by atoms with E-state index in [1.165, 1.54) is 11.3 Å². The zero-order valence-electron chi connectivity index (χ0n) is 6.83. The maximum absolute atomic E-state index is 4.22. The second-order valence-electron chi connectivity index (χ2n) is 3.06. The molecule has 0 saturated heterocycles. The Morgan fingerprint density at radius 2 is 2.18 bits per heavy atom. The van der Waals surface area contributed by atoms with Crippen LogP contribution in [0.15, 0.2) is 6.33 Å². The largest absolute Gasteiger partial charge is 0.296 e. The summed E-state index contributed by atoms with van der Waals surface area (Å²) in [5.74, 6) is 0. The van der Waals surface area contributed by atoms with Gasteiger partial charge in [0, 0.05) is 24.3 Å². The van der Waals surface area contributed by atoms with E-state index < -0.39 is 0 Å². The van der Waals surface area contributed by atoms with E-state index in [2.05, 4.69) is 21.9 Å². The van der Waals surface area contributed by atoms with E-state index in [0.29, 0.717) is 0 Å². The van der Waals surface area contributed by atoms with Crippen molar-refractivity contribution >= 4 is 0 Å². The predicted molar refractivity (Wildman–Crippen MR) is 41.9 cm³/mol. The summed E-state index contributed by atoms with van der Waals surface area (Å²) in [4.78, 5) is 10.6. The molecule has 58 valence electrons. The van der Waals surface area contributed by atoms with Gasteiger partial charge in [-0.15, -0.1) is 0 Å². The van der Waals surface area contributed by atoms with Crippen LogP contribution in [0.3, 0.4) is 0 Å². The van der Waals surface area contributed by atoms with Crippen LogP contribution in [0.4, 0.5) is 0 Å². The summed E-state index contributed by atoms with van der Waals surface area (Å²) >= 11 is 0. The highest BCUT2D eigenvalue weighted by Crippen LogP contribution is 2.19. The van der Waals surface area contributed by atoms with Gasteiger partial charge in [-0.3, -0.25) is 4.90 Å². The van der Waals surface area contributed by atoms with Gasteiger partial charge in [0.15, 0.2) is 0 Å². The van der Waals surface area contributed by atoms with E-state index in [1.54, 1.807) is 6.33 Å². The van der Waals surface area contributed by atoms with Gasteiger partial charge in [-0.1, -0.05) is 0 Å². The second-order valence-corrected chi connectivity index (χ2v) is 3.06. The first-order chi connectivity index (χ1) is 5.27. The van der Waals surface area contributed by atoms with Crippen LogP contribution < -0.4 is 0 Å². The Bertz CT molecular complexity index is 283. The molecular formula is C8H11N3. The molecule has 0 amide bonds. The smallest absolute Gasteiger partial charge is 0.115 e. The molecular weight excluding hydrogens is 138 g/mol. The van der Waals surface area contributed by atoms with E-state index in [4.69, 9.17) is 0 Å². The average molecular weight is 149 g/mol. The fourth-order valence-electron chi connectivity index (χ4n) is 1.47. The first kappa shape index (κ1) is 6.73. The van der Waals surface area contributed by atoms with Crippen LogP contribution in [0, 0.1) is 6.92 Å². The molecule has 11 heavy (non-hydrogen) atoms. The maximum atomic E-state index is 4.22. The minimum absolute atomic E-state index is 0.971. The van der Waals surface area contributed by atoms with Crippen molar-refractivity contribution in [2.24, 2.45) is 0 Å². The molecule has 0 aromatic carbocycles. The lowest BCUT2D eigenvalue weighted by Gasteiger charge is -2.02. The Kier molecular flexibility index (Phi) is 1.39. The van der Waals surface area contributed by atoms with E-state index >= 15 is 0 Å². The molecule has 0 spiro atoms. The van der Waals surface area contributed by atoms with Gasteiger partial charge in [0.25, 0.3) is 0 Å².